The first-order valence-electron chi connectivity index (χ1n) is 0.671. The molecule has 0 spiro atoms. The van der Waals surface area contributed by atoms with E-state index in [1.165, 1.54) is 0 Å². The van der Waals surface area contributed by atoms with E-state index in [0.29, 0.717) is 0 Å². The van der Waals surface area contributed by atoms with Crippen molar-refractivity contribution in [3.05, 3.63) is 0 Å². The van der Waals surface area contributed by atoms with Crippen LogP contribution >= 0.6 is 0 Å². The SMILES string of the molecule is [Ge][N]([Ge])[Ge]. The third-order valence-electron chi connectivity index (χ3n) is 0. The van der Waals surface area contributed by atoms with Gasteiger partial charge in [-0.05, 0) is 0 Å². The molecule has 0 N–H and O–H groups in total. The summed E-state index contributed by atoms with van der Waals surface area (Å²) >= 11 is 6.00. The first kappa shape index (κ1) is 5.59. The monoisotopic (exact) mass is 236 g/mol. The molecule has 4 heteroatoms. The van der Waals surface area contributed by atoms with Crippen LogP contribution in [0.5, 0.6) is 0 Å². The van der Waals surface area contributed by atoms with E-state index in [-0.39, 0.29) is 0 Å². The Bertz CT molecular complexity index is 8.00. The molecular weight excluding hydrogens is 232 g/mol. The molecule has 0 saturated carbocycles. The summed E-state index contributed by atoms with van der Waals surface area (Å²) in [5.41, 5.74) is 0. The Hall–Kier alpha value is 1.59. The molecule has 0 rings (SSSR count). The van der Waals surface area contributed by atoms with Crippen LogP contribution in [0.1, 0.15) is 0 Å². The van der Waals surface area contributed by atoms with Gasteiger partial charge >= 0.3 is 52.0 Å². The van der Waals surface area contributed by atoms with Crippen LogP contribution in [0.3, 0.4) is 0 Å². The fourth-order valence-electron chi connectivity index (χ4n) is 0. The maximum absolute atomic E-state index is 2.00. The summed E-state index contributed by atoms with van der Waals surface area (Å²) in [6.07, 6.45) is 0. The van der Waals surface area contributed by atoms with Gasteiger partial charge in [-0.3, -0.25) is 0 Å². The summed E-state index contributed by atoms with van der Waals surface area (Å²) in [4.78, 5) is 0. The van der Waals surface area contributed by atoms with Crippen LogP contribution in [0.25, 0.3) is 0 Å². The quantitative estimate of drug-likeness (QED) is 0.461. The van der Waals surface area contributed by atoms with Crippen molar-refractivity contribution in [2.45, 2.75) is 0 Å². The molecule has 4 heavy (non-hydrogen) atoms. The molecule has 0 fully saturated rings. The van der Waals surface area contributed by atoms with Crippen molar-refractivity contribution in [1.29, 1.82) is 0 Å². The second-order valence-corrected chi connectivity index (χ2v) is 9.06. The van der Waals surface area contributed by atoms with Crippen molar-refractivity contribution in [1.82, 2.24) is 1.77 Å². The normalized spacial score (nSPS) is 9.00. The van der Waals surface area contributed by atoms with Gasteiger partial charge in [0.2, 0.25) is 0 Å². The maximum atomic E-state index is 2.00. The topological polar surface area (TPSA) is 3.24 Å². The average Bonchev–Trinajstić information content (AvgIpc) is 0.811. The molecule has 1 nitrogen and oxygen atoms in total. The van der Waals surface area contributed by atoms with Crippen LogP contribution in [0.2, 0.25) is 0 Å². The molecule has 0 aliphatic rings. The predicted octanol–water partition coefficient (Wildman–Crippen LogP) is -1.46. The molecule has 0 aromatic heterocycles. The fourth-order valence-corrected chi connectivity index (χ4v) is 0. The molecule has 0 heterocycles. The van der Waals surface area contributed by atoms with E-state index >= 15 is 0 Å². The summed E-state index contributed by atoms with van der Waals surface area (Å²) in [5, 5.41) is 0. The average molecular weight is 232 g/mol. The van der Waals surface area contributed by atoms with Crippen LogP contribution in [0, 0.1) is 0 Å². The van der Waals surface area contributed by atoms with Crippen molar-refractivity contribution in [3.8, 4) is 0 Å². The summed E-state index contributed by atoms with van der Waals surface area (Å²) in [6, 6.07) is 0. The van der Waals surface area contributed by atoms with Gasteiger partial charge in [0.05, 0.1) is 0 Å². The van der Waals surface area contributed by atoms with Crippen molar-refractivity contribution in [2.24, 2.45) is 0 Å². The number of hydrogen-bond acceptors (Lipinski definition) is 1. The van der Waals surface area contributed by atoms with E-state index in [4.69, 9.17) is 0 Å². The molecule has 0 bridgehead atoms. The van der Waals surface area contributed by atoms with Crippen molar-refractivity contribution >= 4 is 50.2 Å². The Kier molecular flexibility index (Phi) is 3.92. The van der Waals surface area contributed by atoms with Crippen LogP contribution in [0.4, 0.5) is 0 Å². The molecule has 0 aliphatic carbocycles. The van der Waals surface area contributed by atoms with Crippen LogP contribution in [-0.2, 0) is 0 Å². The summed E-state index contributed by atoms with van der Waals surface area (Å²) in [5.74, 6) is 0. The molecule has 0 atom stereocenters. The molecule has 0 amide bonds. The standard InChI is InChI=1S/Ge3N/c1-4(2)3. The van der Waals surface area contributed by atoms with Crippen LogP contribution < -0.4 is 0 Å². The van der Waals surface area contributed by atoms with E-state index in [2.05, 4.69) is 0 Å². The zero-order valence-corrected chi connectivity index (χ0v) is 8.24. The zero-order chi connectivity index (χ0) is 3.58. The van der Waals surface area contributed by atoms with Gasteiger partial charge in [0, 0.05) is 0 Å². The van der Waals surface area contributed by atoms with Gasteiger partial charge in [-0.15, -0.1) is 0 Å². The molecule has 0 saturated heterocycles. The first-order valence-corrected chi connectivity index (χ1v) is 3.49. The van der Waals surface area contributed by atoms with Gasteiger partial charge in [-0.25, -0.2) is 0 Å². The Balaban J connectivity index is 2.32. The third kappa shape index (κ3) is 9.53. The Morgan fingerprint density at radius 3 is 1.00 bits per heavy atom. The fraction of sp³-hybridized carbons (Fsp3) is 0. The minimum absolute atomic E-state index is 2.00. The predicted molar refractivity (Wildman–Crippen MR) is 19.1 cm³/mol. The van der Waals surface area contributed by atoms with Gasteiger partial charge in [0.1, 0.15) is 0 Å². The van der Waals surface area contributed by atoms with Crippen LogP contribution in [0.15, 0.2) is 0 Å². The Morgan fingerprint density at radius 1 is 1.00 bits per heavy atom. The molecule has 9 radical (unpaired) electrons. The summed E-state index contributed by atoms with van der Waals surface area (Å²) < 4.78 is 2.00. The molecule has 0 aromatic rings. The molecule has 0 unspecified atom stereocenters. The van der Waals surface area contributed by atoms with Gasteiger partial charge < -0.3 is 0 Å². The van der Waals surface area contributed by atoms with Gasteiger partial charge in [0.25, 0.3) is 0 Å². The van der Waals surface area contributed by atoms with Crippen molar-refractivity contribution in [3.63, 3.8) is 0 Å². The van der Waals surface area contributed by atoms with E-state index in [1.54, 1.807) is 0 Å². The van der Waals surface area contributed by atoms with Gasteiger partial charge in [-0.1, -0.05) is 0 Å². The molecule has 17 valence electrons. The van der Waals surface area contributed by atoms with Crippen LogP contribution in [-0.4, -0.2) is 52.0 Å². The molecular formula is Ge3N. The van der Waals surface area contributed by atoms with Gasteiger partial charge in [-0.2, -0.15) is 0 Å². The number of hydrogen-bond donors (Lipinski definition) is 0. The van der Waals surface area contributed by atoms with Gasteiger partial charge in [0.15, 0.2) is 0 Å². The second-order valence-electron chi connectivity index (χ2n) is 0.335. The zero-order valence-electron chi connectivity index (χ0n) is 1.95. The van der Waals surface area contributed by atoms with Crippen molar-refractivity contribution in [2.75, 3.05) is 0 Å². The van der Waals surface area contributed by atoms with Crippen molar-refractivity contribution < 1.29 is 0 Å². The summed E-state index contributed by atoms with van der Waals surface area (Å²) in [6.45, 7) is 0. The first-order chi connectivity index (χ1) is 1.73. The summed E-state index contributed by atoms with van der Waals surface area (Å²) in [7, 11) is 0. The number of nitrogens with zero attached hydrogens (tertiary/aromatic N) is 1. The second kappa shape index (κ2) is 2.81. The minimum atomic E-state index is 2.00. The molecule has 0 aromatic carbocycles. The Labute approximate surface area is 51.8 Å². The Morgan fingerprint density at radius 2 is 1.00 bits per heavy atom. The third-order valence-corrected chi connectivity index (χ3v) is 0. The molecule has 0 aliphatic heterocycles. The van der Waals surface area contributed by atoms with E-state index in [0.717, 1.165) is 0 Å². The van der Waals surface area contributed by atoms with E-state index < -0.39 is 0 Å². The van der Waals surface area contributed by atoms with E-state index in [1.807, 2.05) is 52.0 Å². The van der Waals surface area contributed by atoms with E-state index in [9.17, 15) is 0 Å². The number of rotatable bonds is 0.